The van der Waals surface area contributed by atoms with E-state index in [4.69, 9.17) is 0 Å². The summed E-state index contributed by atoms with van der Waals surface area (Å²) >= 11 is 0. The van der Waals surface area contributed by atoms with Gasteiger partial charge in [0.1, 0.15) is 5.88 Å². The lowest BCUT2D eigenvalue weighted by atomic mass is 10.1. The molecule has 0 radical (unpaired) electrons. The van der Waals surface area contributed by atoms with Gasteiger partial charge in [-0.05, 0) is 25.9 Å². The molecule has 1 fully saturated rings. The zero-order valence-corrected chi connectivity index (χ0v) is 9.39. The van der Waals surface area contributed by atoms with Crippen molar-refractivity contribution < 1.29 is 16.8 Å². The zero-order valence-electron chi connectivity index (χ0n) is 7.68. The van der Waals surface area contributed by atoms with Gasteiger partial charge >= 0.3 is 0 Å². The first-order chi connectivity index (χ1) is 6.49. The highest BCUT2D eigenvalue weighted by molar-refractivity contribution is 7.98. The maximum absolute atomic E-state index is 11.2. The van der Waals surface area contributed by atoms with Crippen molar-refractivity contribution in [3.63, 3.8) is 0 Å². The summed E-state index contributed by atoms with van der Waals surface area (Å²) in [4.78, 5) is 1.74. The van der Waals surface area contributed by atoms with Gasteiger partial charge in [-0.3, -0.25) is 4.90 Å². The van der Waals surface area contributed by atoms with Gasteiger partial charge in [0, 0.05) is 0 Å². The first kappa shape index (κ1) is 11.9. The van der Waals surface area contributed by atoms with Gasteiger partial charge in [-0.2, -0.15) is 0 Å². The summed E-state index contributed by atoms with van der Waals surface area (Å²) in [7, 11) is -6.78. The molecule has 84 valence electrons. The fourth-order valence-electron chi connectivity index (χ4n) is 1.47. The van der Waals surface area contributed by atoms with Gasteiger partial charge < -0.3 is 0 Å². The lowest BCUT2D eigenvalue weighted by molar-refractivity contribution is 0.261. The van der Waals surface area contributed by atoms with Crippen LogP contribution in [0.2, 0.25) is 0 Å². The van der Waals surface area contributed by atoms with Crippen LogP contribution < -0.4 is 4.13 Å². The molecule has 6 nitrogen and oxygen atoms in total. The third-order valence-electron chi connectivity index (χ3n) is 2.01. The Morgan fingerprint density at radius 3 is 2.21 bits per heavy atom. The van der Waals surface area contributed by atoms with Crippen LogP contribution >= 0.6 is 0 Å². The average Bonchev–Trinajstić information content (AvgIpc) is 2.02. The van der Waals surface area contributed by atoms with Gasteiger partial charge in [-0.25, -0.2) is 16.8 Å². The Labute approximate surface area is 85.4 Å². The Hall–Kier alpha value is -0.180. The number of likely N-dealkylation sites (tertiary alicyclic amines) is 1. The number of rotatable bonds is 4. The van der Waals surface area contributed by atoms with Crippen molar-refractivity contribution in [2.75, 3.05) is 19.0 Å². The second kappa shape index (κ2) is 5.06. The number of nitrogens with zero attached hydrogens (tertiary/aromatic N) is 1. The molecule has 0 spiro atoms. The topological polar surface area (TPSA) is 83.5 Å². The fraction of sp³-hybridized carbons (Fsp3) is 1.00. The van der Waals surface area contributed by atoms with Crippen LogP contribution in [0.4, 0.5) is 0 Å². The van der Waals surface area contributed by atoms with E-state index in [0.29, 0.717) is 0 Å². The molecule has 1 rings (SSSR count). The fourth-order valence-corrected chi connectivity index (χ4v) is 3.35. The second-order valence-corrected chi connectivity index (χ2v) is 6.00. The summed E-state index contributed by atoms with van der Waals surface area (Å²) in [6.07, 6.45) is 3.05. The predicted molar refractivity (Wildman–Crippen MR) is 52.7 cm³/mol. The van der Waals surface area contributed by atoms with Crippen LogP contribution in [0.5, 0.6) is 0 Å². The summed E-state index contributed by atoms with van der Waals surface area (Å²) in [5.74, 6) is -0.226. The smallest absolute Gasteiger partial charge is 0.237 e. The second-order valence-electron chi connectivity index (χ2n) is 3.27. The standard InChI is InChI=1S/C6H14N2O4S2/c9-13(10)7-14(11,12)6-8-4-2-1-3-5-8/h13H,1-6H2,(H,7,9,10). The van der Waals surface area contributed by atoms with Gasteiger partial charge in [-0.15, -0.1) is 4.13 Å². The van der Waals surface area contributed by atoms with E-state index in [9.17, 15) is 16.8 Å². The van der Waals surface area contributed by atoms with Gasteiger partial charge in [0.25, 0.3) is 0 Å². The Bertz CT molecular complexity index is 335. The van der Waals surface area contributed by atoms with Crippen molar-refractivity contribution >= 4 is 20.9 Å². The number of hydrogen-bond donors (Lipinski definition) is 2. The summed E-state index contributed by atoms with van der Waals surface area (Å²) in [5, 5.41) is 0. The van der Waals surface area contributed by atoms with Crippen LogP contribution in [0.25, 0.3) is 0 Å². The van der Waals surface area contributed by atoms with Crippen molar-refractivity contribution in [3.05, 3.63) is 0 Å². The predicted octanol–water partition coefficient (Wildman–Crippen LogP) is -1.12. The molecule has 1 heterocycles. The Morgan fingerprint density at radius 2 is 1.71 bits per heavy atom. The molecule has 1 N–H and O–H groups in total. The molecular formula is C6H14N2O4S2. The van der Waals surface area contributed by atoms with E-state index >= 15 is 0 Å². The molecule has 0 bridgehead atoms. The lowest BCUT2D eigenvalue weighted by Gasteiger charge is -2.25. The van der Waals surface area contributed by atoms with E-state index < -0.39 is 20.9 Å². The van der Waals surface area contributed by atoms with E-state index in [0.717, 1.165) is 32.4 Å². The van der Waals surface area contributed by atoms with E-state index in [1.165, 1.54) is 0 Å². The van der Waals surface area contributed by atoms with Crippen LogP contribution in [0, 0.1) is 0 Å². The summed E-state index contributed by atoms with van der Waals surface area (Å²) in [6, 6.07) is 0. The molecule has 0 amide bonds. The SMILES string of the molecule is O=[SH](=O)NS(=O)(=O)CN1CCCCC1. The van der Waals surface area contributed by atoms with E-state index in [-0.39, 0.29) is 5.88 Å². The highest BCUT2D eigenvalue weighted by atomic mass is 32.3. The summed E-state index contributed by atoms with van der Waals surface area (Å²) < 4.78 is 44.3. The number of sulfonamides is 1. The first-order valence-corrected chi connectivity index (χ1v) is 7.19. The monoisotopic (exact) mass is 242 g/mol. The minimum atomic E-state index is -3.70. The molecule has 0 aromatic rings. The summed E-state index contributed by atoms with van der Waals surface area (Å²) in [5.41, 5.74) is 0. The highest BCUT2D eigenvalue weighted by Gasteiger charge is 2.18. The van der Waals surface area contributed by atoms with Crippen LogP contribution in [0.3, 0.4) is 0 Å². The van der Waals surface area contributed by atoms with Gasteiger partial charge in [-0.1, -0.05) is 6.42 Å². The molecule has 0 unspecified atom stereocenters. The molecule has 8 heteroatoms. The lowest BCUT2D eigenvalue weighted by Crippen LogP contribution is -2.39. The van der Waals surface area contributed by atoms with E-state index in [2.05, 4.69) is 0 Å². The molecule has 14 heavy (non-hydrogen) atoms. The first-order valence-electron chi connectivity index (χ1n) is 4.36. The molecule has 1 aliphatic heterocycles. The number of nitrogens with one attached hydrogen (secondary N) is 1. The molecule has 0 aromatic heterocycles. The quantitative estimate of drug-likeness (QED) is 0.610. The van der Waals surface area contributed by atoms with Crippen molar-refractivity contribution in [3.8, 4) is 0 Å². The van der Waals surface area contributed by atoms with Crippen molar-refractivity contribution in [1.82, 2.24) is 9.03 Å². The maximum atomic E-state index is 11.2. The molecule has 1 saturated heterocycles. The Balaban J connectivity index is 2.49. The van der Waals surface area contributed by atoms with Crippen molar-refractivity contribution in [2.45, 2.75) is 19.3 Å². The number of thiol groups is 1. The largest absolute Gasteiger partial charge is 0.289 e. The van der Waals surface area contributed by atoms with Gasteiger partial charge in [0.05, 0.1) is 0 Å². The third-order valence-corrected chi connectivity index (χ3v) is 4.43. The van der Waals surface area contributed by atoms with E-state index in [1.54, 1.807) is 9.03 Å². The average molecular weight is 242 g/mol. The Morgan fingerprint density at radius 1 is 1.14 bits per heavy atom. The van der Waals surface area contributed by atoms with Crippen molar-refractivity contribution in [1.29, 1.82) is 0 Å². The molecular weight excluding hydrogens is 228 g/mol. The minimum Gasteiger partial charge on any atom is -0.289 e. The van der Waals surface area contributed by atoms with Crippen LogP contribution in [0.1, 0.15) is 19.3 Å². The van der Waals surface area contributed by atoms with Crippen LogP contribution in [-0.4, -0.2) is 40.7 Å². The Kier molecular flexibility index (Phi) is 4.30. The van der Waals surface area contributed by atoms with Crippen molar-refractivity contribution in [2.24, 2.45) is 0 Å². The number of piperidine rings is 1. The zero-order chi connectivity index (χ0) is 10.6. The molecule has 0 aromatic carbocycles. The third kappa shape index (κ3) is 4.36. The summed E-state index contributed by atoms with van der Waals surface area (Å²) in [6.45, 7) is 1.44. The van der Waals surface area contributed by atoms with Crippen LogP contribution in [0.15, 0.2) is 0 Å². The molecule has 0 atom stereocenters. The van der Waals surface area contributed by atoms with Gasteiger partial charge in [0.2, 0.25) is 20.9 Å². The normalized spacial score (nSPS) is 20.1. The highest BCUT2D eigenvalue weighted by Crippen LogP contribution is 2.08. The van der Waals surface area contributed by atoms with Crippen LogP contribution in [-0.2, 0) is 20.9 Å². The van der Waals surface area contributed by atoms with Gasteiger partial charge in [0.15, 0.2) is 0 Å². The molecule has 0 aliphatic carbocycles. The maximum Gasteiger partial charge on any atom is 0.237 e. The molecule has 1 aliphatic rings. The molecule has 0 saturated carbocycles. The number of hydrogen-bond acceptors (Lipinski definition) is 5. The minimum absolute atomic E-state index is 0.226. The van der Waals surface area contributed by atoms with E-state index in [1.807, 2.05) is 0 Å².